The zero-order valence-electron chi connectivity index (χ0n) is 14.8. The van der Waals surface area contributed by atoms with E-state index in [0.717, 1.165) is 18.2 Å². The number of nitrogens with one attached hydrogen (secondary N) is 1. The number of carbonyl (C=O) groups is 1. The maximum absolute atomic E-state index is 13.3. The summed E-state index contributed by atoms with van der Waals surface area (Å²) >= 11 is 3.05. The Hall–Kier alpha value is -2.92. The fraction of sp³-hybridized carbons (Fsp3) is 0.111. The normalized spacial score (nSPS) is 12.5. The van der Waals surface area contributed by atoms with Crippen LogP contribution in [0.15, 0.2) is 52.1 Å². The van der Waals surface area contributed by atoms with E-state index in [-0.39, 0.29) is 33.0 Å². The number of sulfonamides is 1. The van der Waals surface area contributed by atoms with Gasteiger partial charge in [0.15, 0.2) is 11.6 Å². The van der Waals surface area contributed by atoms with Crippen LogP contribution in [0, 0.1) is 5.82 Å². The number of rotatable bonds is 4. The highest BCUT2D eigenvalue weighted by molar-refractivity contribution is 9.10. The number of nitrogens with zero attached hydrogens (tertiary/aromatic N) is 2. The van der Waals surface area contributed by atoms with Gasteiger partial charge in [0.05, 0.1) is 18.5 Å². The molecule has 3 aromatic rings. The summed E-state index contributed by atoms with van der Waals surface area (Å²) in [7, 11) is -2.96. The van der Waals surface area contributed by atoms with E-state index in [2.05, 4.69) is 25.6 Å². The molecule has 2 aromatic carbocycles. The highest BCUT2D eigenvalue weighted by atomic mass is 79.9. The second-order valence-corrected chi connectivity index (χ2v) is 8.52. The Balaban J connectivity index is 1.84. The minimum Gasteiger partial charge on any atom is -0.482 e. The lowest BCUT2D eigenvalue weighted by atomic mass is 10.1. The number of anilines is 1. The van der Waals surface area contributed by atoms with Gasteiger partial charge in [-0.25, -0.2) is 22.6 Å². The van der Waals surface area contributed by atoms with Gasteiger partial charge in [-0.05, 0) is 46.3 Å². The van der Waals surface area contributed by atoms with Crippen molar-refractivity contribution in [1.82, 2.24) is 9.55 Å². The number of ether oxygens (including phenoxy) is 2. The second kappa shape index (κ2) is 7.16. The Morgan fingerprint density at radius 2 is 2.14 bits per heavy atom. The van der Waals surface area contributed by atoms with E-state index in [1.165, 1.54) is 13.2 Å². The predicted octanol–water partition coefficient (Wildman–Crippen LogP) is 3.25. The number of halogens is 2. The fourth-order valence-corrected chi connectivity index (χ4v) is 5.11. The molecule has 1 N–H and O–H groups in total. The molecule has 0 aliphatic carbocycles. The van der Waals surface area contributed by atoms with E-state index in [9.17, 15) is 17.6 Å². The molecule has 1 aromatic heterocycles. The summed E-state index contributed by atoms with van der Waals surface area (Å²) < 4.78 is 53.7. The van der Waals surface area contributed by atoms with Crippen LogP contribution in [0.4, 0.5) is 10.1 Å². The zero-order valence-corrected chi connectivity index (χ0v) is 17.3. The molecule has 29 heavy (non-hydrogen) atoms. The number of fused-ring (bicyclic) bond motifs is 3. The highest BCUT2D eigenvalue weighted by Crippen LogP contribution is 2.38. The van der Waals surface area contributed by atoms with Gasteiger partial charge in [-0.1, -0.05) is 0 Å². The molecule has 0 spiro atoms. The third-order valence-corrected chi connectivity index (χ3v) is 6.62. The summed E-state index contributed by atoms with van der Waals surface area (Å²) in [5.74, 6) is -0.566. The van der Waals surface area contributed by atoms with E-state index in [0.29, 0.717) is 11.5 Å². The number of hydrogen-bond acceptors (Lipinski definition) is 6. The monoisotopic (exact) mass is 481 g/mol. The first kappa shape index (κ1) is 19.4. The van der Waals surface area contributed by atoms with Gasteiger partial charge in [-0.3, -0.25) is 9.29 Å². The van der Waals surface area contributed by atoms with Crippen LogP contribution in [0.3, 0.4) is 0 Å². The number of esters is 1. The molecule has 2 heterocycles. The summed E-state index contributed by atoms with van der Waals surface area (Å²) in [6, 6.07) is 6.21. The van der Waals surface area contributed by atoms with Gasteiger partial charge in [0.1, 0.15) is 22.9 Å². The summed E-state index contributed by atoms with van der Waals surface area (Å²) in [6.45, 7) is 0.101. The van der Waals surface area contributed by atoms with Crippen LogP contribution < -0.4 is 9.46 Å². The smallest absolute Gasteiger partial charge is 0.343 e. The quantitative estimate of drug-likeness (QED) is 0.574. The van der Waals surface area contributed by atoms with Crippen molar-refractivity contribution in [2.45, 2.75) is 11.5 Å². The zero-order chi connectivity index (χ0) is 20.8. The summed E-state index contributed by atoms with van der Waals surface area (Å²) in [4.78, 5) is 16.4. The van der Waals surface area contributed by atoms with Crippen molar-refractivity contribution in [3.8, 4) is 11.4 Å². The first-order valence-corrected chi connectivity index (χ1v) is 10.5. The van der Waals surface area contributed by atoms with E-state index in [1.807, 2.05) is 0 Å². The third kappa shape index (κ3) is 3.36. The number of methoxy groups -OCH3 is 1. The average Bonchev–Trinajstić information content (AvgIpc) is 3.15. The SMILES string of the molecule is COC(=O)c1c(NS(=O)(=O)c2ccc(F)cc2Br)ccc2c1OCc1nccn1-2. The van der Waals surface area contributed by atoms with Crippen LogP contribution >= 0.6 is 15.9 Å². The van der Waals surface area contributed by atoms with E-state index >= 15 is 0 Å². The number of aromatic nitrogens is 2. The molecule has 150 valence electrons. The molecule has 11 heteroatoms. The Morgan fingerprint density at radius 3 is 2.86 bits per heavy atom. The molecule has 0 fully saturated rings. The van der Waals surface area contributed by atoms with Crippen molar-refractivity contribution in [3.05, 3.63) is 64.4 Å². The van der Waals surface area contributed by atoms with Crippen LogP contribution in [0.2, 0.25) is 0 Å². The van der Waals surface area contributed by atoms with E-state index in [1.54, 1.807) is 23.0 Å². The lowest BCUT2D eigenvalue weighted by molar-refractivity contribution is 0.0596. The van der Waals surface area contributed by atoms with Gasteiger partial charge in [0, 0.05) is 16.9 Å². The van der Waals surface area contributed by atoms with Gasteiger partial charge < -0.3 is 9.47 Å². The van der Waals surface area contributed by atoms with Gasteiger partial charge >= 0.3 is 5.97 Å². The molecule has 4 rings (SSSR count). The maximum atomic E-state index is 13.3. The lowest BCUT2D eigenvalue weighted by Crippen LogP contribution is -2.20. The summed E-state index contributed by atoms with van der Waals surface area (Å²) in [5.41, 5.74) is 0.414. The van der Waals surface area contributed by atoms with Crippen LogP contribution in [0.25, 0.3) is 5.69 Å². The van der Waals surface area contributed by atoms with Crippen LogP contribution in [-0.4, -0.2) is 31.0 Å². The molecule has 0 saturated carbocycles. The van der Waals surface area contributed by atoms with Crippen molar-refractivity contribution in [3.63, 3.8) is 0 Å². The van der Waals surface area contributed by atoms with Crippen molar-refractivity contribution in [2.24, 2.45) is 0 Å². The van der Waals surface area contributed by atoms with Gasteiger partial charge in [-0.15, -0.1) is 0 Å². The first-order chi connectivity index (χ1) is 13.8. The largest absolute Gasteiger partial charge is 0.482 e. The maximum Gasteiger partial charge on any atom is 0.343 e. The molecule has 0 saturated heterocycles. The minimum atomic E-state index is -4.15. The average molecular weight is 482 g/mol. The molecule has 8 nitrogen and oxygen atoms in total. The van der Waals surface area contributed by atoms with Crippen molar-refractivity contribution < 1.29 is 27.1 Å². The van der Waals surface area contributed by atoms with Gasteiger partial charge in [-0.2, -0.15) is 0 Å². The van der Waals surface area contributed by atoms with Gasteiger partial charge in [0.2, 0.25) is 0 Å². The molecule has 0 bridgehead atoms. The number of carbonyl (C=O) groups excluding carboxylic acids is 1. The molecular formula is C18H13BrFN3O5S. The fourth-order valence-electron chi connectivity index (χ4n) is 2.99. The molecule has 0 amide bonds. The molecule has 1 aliphatic rings. The Bertz CT molecular complexity index is 1240. The lowest BCUT2D eigenvalue weighted by Gasteiger charge is -2.23. The number of imidazole rings is 1. The molecule has 0 radical (unpaired) electrons. The Labute approximate surface area is 173 Å². The number of benzene rings is 2. The van der Waals surface area contributed by atoms with Crippen molar-refractivity contribution in [2.75, 3.05) is 11.8 Å². The topological polar surface area (TPSA) is 99.5 Å². The number of hydrogen-bond donors (Lipinski definition) is 1. The molecule has 0 atom stereocenters. The first-order valence-electron chi connectivity index (χ1n) is 8.20. The van der Waals surface area contributed by atoms with Crippen LogP contribution in [0.5, 0.6) is 5.75 Å². The second-order valence-electron chi connectivity index (χ2n) is 6.01. The predicted molar refractivity (Wildman–Crippen MR) is 104 cm³/mol. The molecule has 0 unspecified atom stereocenters. The standard InChI is InChI=1S/C18H13BrFN3O5S/c1-27-18(24)16-12(22-29(25,26)14-5-2-10(20)8-11(14)19)3-4-13-17(16)28-9-15-21-6-7-23(13)15/h2-8,22H,9H2,1H3. The summed E-state index contributed by atoms with van der Waals surface area (Å²) in [6.07, 6.45) is 3.30. The van der Waals surface area contributed by atoms with Gasteiger partial charge in [0.25, 0.3) is 10.0 Å². The molecule has 1 aliphatic heterocycles. The minimum absolute atomic E-state index is 0.0320. The Kier molecular flexibility index (Phi) is 4.79. The van der Waals surface area contributed by atoms with E-state index in [4.69, 9.17) is 9.47 Å². The third-order valence-electron chi connectivity index (χ3n) is 4.28. The van der Waals surface area contributed by atoms with E-state index < -0.39 is 21.8 Å². The van der Waals surface area contributed by atoms with Crippen molar-refractivity contribution in [1.29, 1.82) is 0 Å². The Morgan fingerprint density at radius 1 is 1.34 bits per heavy atom. The molecular weight excluding hydrogens is 469 g/mol. The highest BCUT2D eigenvalue weighted by Gasteiger charge is 2.29. The van der Waals surface area contributed by atoms with Crippen LogP contribution in [-0.2, 0) is 21.4 Å². The van der Waals surface area contributed by atoms with Crippen LogP contribution in [0.1, 0.15) is 16.2 Å². The van der Waals surface area contributed by atoms with Crippen molar-refractivity contribution >= 4 is 37.6 Å². The summed E-state index contributed by atoms with van der Waals surface area (Å²) in [5, 5.41) is 0.